The maximum absolute atomic E-state index is 9.07. The van der Waals surface area contributed by atoms with Gasteiger partial charge in [0.2, 0.25) is 5.88 Å². The highest BCUT2D eigenvalue weighted by molar-refractivity contribution is 7.13. The van der Waals surface area contributed by atoms with Gasteiger partial charge in [-0.15, -0.1) is 11.3 Å². The second-order valence-corrected chi connectivity index (χ2v) is 3.73. The van der Waals surface area contributed by atoms with Crippen molar-refractivity contribution in [2.24, 2.45) is 0 Å². The van der Waals surface area contributed by atoms with Crippen molar-refractivity contribution in [3.05, 3.63) is 35.2 Å². The number of hydrogen-bond donors (Lipinski definition) is 1. The molecule has 0 spiro atoms. The van der Waals surface area contributed by atoms with Gasteiger partial charge < -0.3 is 5.11 Å². The van der Waals surface area contributed by atoms with E-state index in [0.29, 0.717) is 0 Å². The van der Waals surface area contributed by atoms with Gasteiger partial charge in [0, 0.05) is 5.56 Å². The van der Waals surface area contributed by atoms with Gasteiger partial charge in [-0.3, -0.25) is 0 Å². The normalized spacial score (nSPS) is 10.2. The molecule has 0 amide bonds. The van der Waals surface area contributed by atoms with Crippen LogP contribution in [0.2, 0.25) is 0 Å². The van der Waals surface area contributed by atoms with E-state index in [1.807, 2.05) is 31.2 Å². The molecule has 0 atom stereocenters. The van der Waals surface area contributed by atoms with Crippen LogP contribution in [0.15, 0.2) is 29.6 Å². The van der Waals surface area contributed by atoms with Crippen LogP contribution in [0.25, 0.3) is 10.6 Å². The molecule has 2 rings (SSSR count). The third kappa shape index (κ3) is 1.70. The SMILES string of the molecule is Cc1ccc(-c2nc(O)cs2)cc1. The van der Waals surface area contributed by atoms with Crippen LogP contribution in [0.1, 0.15) is 5.56 Å². The molecule has 3 heteroatoms. The molecule has 0 saturated heterocycles. The van der Waals surface area contributed by atoms with Crippen molar-refractivity contribution < 1.29 is 5.11 Å². The highest BCUT2D eigenvalue weighted by atomic mass is 32.1. The number of rotatable bonds is 1. The molecule has 1 aromatic heterocycles. The summed E-state index contributed by atoms with van der Waals surface area (Å²) >= 11 is 1.45. The van der Waals surface area contributed by atoms with Gasteiger partial charge in [-0.2, -0.15) is 0 Å². The van der Waals surface area contributed by atoms with Crippen LogP contribution in [-0.2, 0) is 0 Å². The molecule has 66 valence electrons. The van der Waals surface area contributed by atoms with E-state index in [1.165, 1.54) is 16.9 Å². The van der Waals surface area contributed by atoms with Crippen LogP contribution in [-0.4, -0.2) is 10.1 Å². The Hall–Kier alpha value is -1.35. The Morgan fingerprint density at radius 2 is 1.92 bits per heavy atom. The smallest absolute Gasteiger partial charge is 0.222 e. The minimum atomic E-state index is 0.0978. The fourth-order valence-corrected chi connectivity index (χ4v) is 1.78. The fourth-order valence-electron chi connectivity index (χ4n) is 1.09. The van der Waals surface area contributed by atoms with E-state index in [9.17, 15) is 0 Å². The van der Waals surface area contributed by atoms with Crippen molar-refractivity contribution in [3.63, 3.8) is 0 Å². The predicted molar refractivity (Wildman–Crippen MR) is 54.0 cm³/mol. The van der Waals surface area contributed by atoms with Crippen molar-refractivity contribution in [3.8, 4) is 16.5 Å². The second kappa shape index (κ2) is 3.18. The molecular weight excluding hydrogens is 182 g/mol. The van der Waals surface area contributed by atoms with E-state index in [0.717, 1.165) is 10.6 Å². The summed E-state index contributed by atoms with van der Waals surface area (Å²) in [4.78, 5) is 3.98. The summed E-state index contributed by atoms with van der Waals surface area (Å²) in [6.07, 6.45) is 0. The van der Waals surface area contributed by atoms with Gasteiger partial charge in [0.25, 0.3) is 0 Å². The van der Waals surface area contributed by atoms with Gasteiger partial charge in [0.15, 0.2) is 0 Å². The average Bonchev–Trinajstić information content (AvgIpc) is 2.53. The molecule has 13 heavy (non-hydrogen) atoms. The predicted octanol–water partition coefficient (Wildman–Crippen LogP) is 2.82. The number of benzene rings is 1. The molecule has 0 bridgehead atoms. The average molecular weight is 191 g/mol. The molecule has 0 saturated carbocycles. The molecule has 0 aliphatic carbocycles. The monoisotopic (exact) mass is 191 g/mol. The lowest BCUT2D eigenvalue weighted by atomic mass is 10.2. The molecule has 0 aliphatic heterocycles. The molecule has 0 fully saturated rings. The Morgan fingerprint density at radius 3 is 2.46 bits per heavy atom. The first-order chi connectivity index (χ1) is 6.25. The van der Waals surface area contributed by atoms with E-state index in [4.69, 9.17) is 5.11 Å². The van der Waals surface area contributed by atoms with Gasteiger partial charge in [-0.1, -0.05) is 29.8 Å². The molecule has 0 aliphatic rings. The van der Waals surface area contributed by atoms with Crippen molar-refractivity contribution in [2.45, 2.75) is 6.92 Å². The third-order valence-corrected chi connectivity index (χ3v) is 2.67. The molecule has 1 heterocycles. The Kier molecular flexibility index (Phi) is 2.02. The lowest BCUT2D eigenvalue weighted by Gasteiger charge is -1.95. The third-order valence-electron chi connectivity index (χ3n) is 1.79. The first-order valence-electron chi connectivity index (χ1n) is 3.97. The molecule has 1 aromatic carbocycles. The number of nitrogens with zero attached hydrogens (tertiary/aromatic N) is 1. The van der Waals surface area contributed by atoms with E-state index in [1.54, 1.807) is 5.38 Å². The van der Waals surface area contributed by atoms with Gasteiger partial charge >= 0.3 is 0 Å². The van der Waals surface area contributed by atoms with Crippen molar-refractivity contribution in [1.82, 2.24) is 4.98 Å². The molecule has 2 aromatic rings. The van der Waals surface area contributed by atoms with Crippen molar-refractivity contribution in [1.29, 1.82) is 0 Å². The second-order valence-electron chi connectivity index (χ2n) is 2.88. The van der Waals surface area contributed by atoms with Crippen molar-refractivity contribution in [2.75, 3.05) is 0 Å². The summed E-state index contributed by atoms with van der Waals surface area (Å²) in [5.74, 6) is 0.0978. The molecule has 0 radical (unpaired) electrons. The van der Waals surface area contributed by atoms with Crippen LogP contribution in [0.3, 0.4) is 0 Å². The summed E-state index contributed by atoms with van der Waals surface area (Å²) in [6.45, 7) is 2.04. The molecule has 2 nitrogen and oxygen atoms in total. The van der Waals surface area contributed by atoms with E-state index in [-0.39, 0.29) is 5.88 Å². The number of aryl methyl sites for hydroxylation is 1. The van der Waals surface area contributed by atoms with Gasteiger partial charge in [-0.25, -0.2) is 4.98 Å². The Bertz CT molecular complexity index is 405. The van der Waals surface area contributed by atoms with Gasteiger partial charge in [-0.05, 0) is 6.92 Å². The van der Waals surface area contributed by atoms with Crippen LogP contribution in [0.4, 0.5) is 0 Å². The Labute approximate surface area is 80.5 Å². The maximum atomic E-state index is 9.07. The Morgan fingerprint density at radius 1 is 1.23 bits per heavy atom. The minimum Gasteiger partial charge on any atom is -0.493 e. The quantitative estimate of drug-likeness (QED) is 0.751. The topological polar surface area (TPSA) is 33.1 Å². The number of hydrogen-bond acceptors (Lipinski definition) is 3. The van der Waals surface area contributed by atoms with Crippen LogP contribution < -0.4 is 0 Å². The number of aromatic hydroxyl groups is 1. The maximum Gasteiger partial charge on any atom is 0.222 e. The Balaban J connectivity index is 2.41. The number of aromatic nitrogens is 1. The lowest BCUT2D eigenvalue weighted by Crippen LogP contribution is -1.76. The summed E-state index contributed by atoms with van der Waals surface area (Å²) in [6, 6.07) is 8.09. The standard InChI is InChI=1S/C10H9NOS/c1-7-2-4-8(5-3-7)10-11-9(12)6-13-10/h2-6,12H,1H3. The summed E-state index contributed by atoms with van der Waals surface area (Å²) in [5.41, 5.74) is 2.28. The number of thiazole rings is 1. The van der Waals surface area contributed by atoms with Crippen LogP contribution in [0.5, 0.6) is 5.88 Å². The van der Waals surface area contributed by atoms with Crippen molar-refractivity contribution >= 4 is 11.3 Å². The van der Waals surface area contributed by atoms with Gasteiger partial charge in [0.1, 0.15) is 5.01 Å². The first kappa shape index (κ1) is 8.26. The van der Waals surface area contributed by atoms with E-state index in [2.05, 4.69) is 4.98 Å². The fraction of sp³-hybridized carbons (Fsp3) is 0.100. The first-order valence-corrected chi connectivity index (χ1v) is 4.85. The zero-order chi connectivity index (χ0) is 9.26. The minimum absolute atomic E-state index is 0.0978. The van der Waals surface area contributed by atoms with Crippen LogP contribution in [0, 0.1) is 6.92 Å². The lowest BCUT2D eigenvalue weighted by molar-refractivity contribution is 0.458. The van der Waals surface area contributed by atoms with E-state index >= 15 is 0 Å². The zero-order valence-electron chi connectivity index (χ0n) is 7.19. The molecule has 1 N–H and O–H groups in total. The summed E-state index contributed by atoms with van der Waals surface area (Å²) in [5, 5.41) is 11.6. The summed E-state index contributed by atoms with van der Waals surface area (Å²) < 4.78 is 0. The highest BCUT2D eigenvalue weighted by Crippen LogP contribution is 2.26. The highest BCUT2D eigenvalue weighted by Gasteiger charge is 2.02. The summed E-state index contributed by atoms with van der Waals surface area (Å²) in [7, 11) is 0. The van der Waals surface area contributed by atoms with Crippen LogP contribution >= 0.6 is 11.3 Å². The zero-order valence-corrected chi connectivity index (χ0v) is 8.01. The molecule has 0 unspecified atom stereocenters. The largest absolute Gasteiger partial charge is 0.493 e. The van der Waals surface area contributed by atoms with E-state index < -0.39 is 0 Å². The van der Waals surface area contributed by atoms with Gasteiger partial charge in [0.05, 0.1) is 5.38 Å². The molecular formula is C10H9NOS.